The van der Waals surface area contributed by atoms with Crippen molar-refractivity contribution in [3.63, 3.8) is 0 Å². The molecule has 9 unspecified atom stereocenters. The number of unbranched alkanes of at least 4 members (excludes halogenated alkanes) is 13. The Morgan fingerprint density at radius 1 is 0.462 bits per heavy atom. The van der Waals surface area contributed by atoms with E-state index in [4.69, 9.17) is 61.9 Å². The van der Waals surface area contributed by atoms with Gasteiger partial charge in [0.15, 0.2) is 24.0 Å². The molecule has 5 aliphatic rings. The van der Waals surface area contributed by atoms with Gasteiger partial charge in [0.2, 0.25) is 35.4 Å². The third-order valence-electron chi connectivity index (χ3n) is 25.6. The summed E-state index contributed by atoms with van der Waals surface area (Å²) in [5.74, 6) is -3.33. The zero-order chi connectivity index (χ0) is 105. The lowest BCUT2D eigenvalue weighted by Gasteiger charge is -2.42. The second-order valence-corrected chi connectivity index (χ2v) is 41.1. The molecule has 5 fully saturated rings. The number of nitrogens with two attached hydrogens (primary N) is 1. The number of nitrogens with zero attached hydrogens (tertiary/aromatic N) is 5. The first-order valence-electron chi connectivity index (χ1n) is 50.2. The number of hydrogen-bond acceptors (Lipinski definition) is 39. The monoisotopic (exact) mass is 2080 g/mol. The number of anilines is 1. The number of phosphoric acid groups is 1. The first-order valence-corrected chi connectivity index (χ1v) is 53.7. The smallest absolute Gasteiger partial charge is 0.396 e. The molecule has 0 spiro atoms. The van der Waals surface area contributed by atoms with E-state index in [0.717, 1.165) is 6.66 Å². The van der Waals surface area contributed by atoms with Crippen LogP contribution in [0.5, 0.6) is 0 Å². The molecule has 4 saturated heterocycles. The lowest BCUT2D eigenvalue weighted by Crippen LogP contribution is -2.64. The average molecular weight is 2080 g/mol. The Kier molecular flexibility index (Phi) is 56.0. The van der Waals surface area contributed by atoms with Crippen LogP contribution in [0.1, 0.15) is 258 Å². The Labute approximate surface area is 833 Å². The van der Waals surface area contributed by atoms with Gasteiger partial charge in [-0.15, -0.1) is 0 Å². The van der Waals surface area contributed by atoms with E-state index in [9.17, 15) is 123 Å². The molecule has 23 atom stereocenters. The van der Waals surface area contributed by atoms with Gasteiger partial charge in [-0.1, -0.05) is 38.5 Å². The van der Waals surface area contributed by atoms with Gasteiger partial charge < -0.3 is 145 Å². The fourth-order valence-electron chi connectivity index (χ4n) is 17.7. The van der Waals surface area contributed by atoms with Crippen molar-refractivity contribution >= 4 is 96.8 Å². The van der Waals surface area contributed by atoms with Crippen LogP contribution in [0.3, 0.4) is 0 Å². The predicted molar refractivity (Wildman–Crippen MR) is 508 cm³/mol. The molecule has 1 saturated carbocycles. The van der Waals surface area contributed by atoms with Gasteiger partial charge in [-0.25, -0.2) is 19.5 Å². The molecular formula is C93H157N11O37P2. The summed E-state index contributed by atoms with van der Waals surface area (Å²) in [7, 11) is -9.02. The molecular weight excluding hydrogens is 1930 g/mol. The Bertz CT molecular complexity index is 4070. The van der Waals surface area contributed by atoms with Crippen LogP contribution in [0.25, 0.3) is 11.2 Å². The number of likely N-dealkylation sites (tertiary alicyclic amines) is 1. The number of nitrogens with one attached hydrogen (secondary N) is 5. The molecule has 6 amide bonds. The number of carbonyl (C=O) groups is 11. The van der Waals surface area contributed by atoms with E-state index in [1.54, 1.807) is 0 Å². The number of ketones is 5. The maximum absolute atomic E-state index is 14.3. The van der Waals surface area contributed by atoms with Crippen LogP contribution in [0.15, 0.2) is 12.7 Å². The van der Waals surface area contributed by atoms with Crippen molar-refractivity contribution in [2.24, 2.45) is 5.92 Å². The average Bonchev–Trinajstić information content (AvgIpc) is 1.61. The van der Waals surface area contributed by atoms with E-state index in [0.29, 0.717) is 135 Å². The van der Waals surface area contributed by atoms with Crippen LogP contribution in [0.2, 0.25) is 0 Å². The second-order valence-electron chi connectivity index (χ2n) is 37.8. The number of hydrogen-bond donors (Lipinski definition) is 18. The van der Waals surface area contributed by atoms with E-state index in [2.05, 4.69) is 41.5 Å². The first-order chi connectivity index (χ1) is 68.2. The number of phosphoric ester groups is 1. The van der Waals surface area contributed by atoms with Gasteiger partial charge in [0.05, 0.1) is 103 Å². The van der Waals surface area contributed by atoms with E-state index in [-0.39, 0.29) is 233 Å². The molecule has 19 N–H and O–H groups in total. The van der Waals surface area contributed by atoms with Crippen LogP contribution in [0.4, 0.5) is 5.82 Å². The Morgan fingerprint density at radius 2 is 0.909 bits per heavy atom. The third-order valence-corrected chi connectivity index (χ3v) is 27.2. The van der Waals surface area contributed by atoms with Gasteiger partial charge in [-0.3, -0.25) is 70.9 Å². The maximum atomic E-state index is 14.3. The molecule has 0 aromatic carbocycles. The van der Waals surface area contributed by atoms with Crippen LogP contribution in [-0.2, 0) is 118 Å². The Morgan fingerprint density at radius 3 is 1.41 bits per heavy atom. The Hall–Kier alpha value is -6.98. The minimum atomic E-state index is -4.97. The maximum Gasteiger partial charge on any atom is 0.472 e. The summed E-state index contributed by atoms with van der Waals surface area (Å²) in [6, 6.07) is -3.90. The van der Waals surface area contributed by atoms with Crippen molar-refractivity contribution in [1.29, 1.82) is 0 Å². The van der Waals surface area contributed by atoms with Gasteiger partial charge >= 0.3 is 15.4 Å². The highest BCUT2D eigenvalue weighted by Crippen LogP contribution is 2.50. The van der Waals surface area contributed by atoms with Gasteiger partial charge in [-0.2, -0.15) is 0 Å². The van der Waals surface area contributed by atoms with Gasteiger partial charge in [0.1, 0.15) is 120 Å². The number of carbonyl (C=O) groups excluding carboxylic acids is 11. The molecule has 4 aliphatic heterocycles. The van der Waals surface area contributed by atoms with Crippen LogP contribution in [-0.4, -0.2) is 377 Å². The number of aliphatic hydroxyl groups is 10. The summed E-state index contributed by atoms with van der Waals surface area (Å²) < 4.78 is 96.9. The molecule has 2 aromatic heterocycles. The molecule has 48 nitrogen and oxygen atoms in total. The molecule has 50 heteroatoms. The highest BCUT2D eigenvalue weighted by Gasteiger charge is 2.50. The third kappa shape index (κ3) is 44.8. The number of ether oxygens (including phenoxy) is 9. The van der Waals surface area contributed by atoms with Crippen LogP contribution < -0.4 is 32.3 Å². The number of amides is 6. The minimum absolute atomic E-state index is 0.00316. The molecule has 6 heterocycles. The molecule has 1 aliphatic carbocycles. The van der Waals surface area contributed by atoms with Crippen molar-refractivity contribution in [2.75, 3.05) is 118 Å². The van der Waals surface area contributed by atoms with Gasteiger partial charge in [-0.05, 0) is 103 Å². The fraction of sp³-hybridized carbons (Fsp3) is 0.828. The van der Waals surface area contributed by atoms with E-state index in [1.807, 2.05) is 0 Å². The summed E-state index contributed by atoms with van der Waals surface area (Å²) in [6.07, 6.45) is -3.17. The fourth-order valence-corrected chi connectivity index (χ4v) is 19.1. The number of rotatable bonds is 75. The standard InChI is InChI=1S/C93H157N11O37P2/c1-59(108)99-79-71(45-62(49-105)83(120)86(79)123)133-39-22-18-30-64(111)25-11-9-13-27-67(114)35-42-130-54-93(55-131-43-36-68(115)28-14-10-12-26-65(112)31-19-23-40-134-91-80(100-60(2)109)87(124)84(121)72(50-106)139-91,56-132-44-37-75(117)95-38-21-17-29-66(113)32-20-24-41-135-92-81(101-61(3)110)88(125)85(122)73(51-107)140-92)102-76(118)33-15-7-5-6-8-16-34-77(119)103-48-69(116)46-63(103)52-137-143(128,129)141-70-47-78(138-74(70)53-136-142(4,126)127)104-58-98-82-89(94)96-57-97-90(82)104/h57-58,62-63,69-74,78-81,83-88,91-92,105-107,116,120-125H,5-56H2,1-4H3,(H,95,117)(H,99,108)(H,100,109)(H,101,110)(H,102,118)(H,126,127)(H,128,129)(H2,94,96,97)/t62?,63-,69+,70-,71+,72?,73?,74+,78+,79?,80?,81?,83-,84-,85-,86+,87+,88+,91+,92+,93?/m0/s1. The summed E-state index contributed by atoms with van der Waals surface area (Å²) >= 11 is 0. The van der Waals surface area contributed by atoms with Crippen molar-refractivity contribution in [1.82, 2.24) is 51.0 Å². The van der Waals surface area contributed by atoms with Crippen LogP contribution >= 0.6 is 15.4 Å². The van der Waals surface area contributed by atoms with Gasteiger partial charge in [0, 0.05) is 163 Å². The largest absolute Gasteiger partial charge is 0.472 e. The molecule has 0 bridgehead atoms. The number of imidazole rings is 1. The van der Waals surface area contributed by atoms with E-state index < -0.39 is 193 Å². The molecule has 143 heavy (non-hydrogen) atoms. The quantitative estimate of drug-likeness (QED) is 0.0327. The molecule has 0 radical (unpaired) electrons. The van der Waals surface area contributed by atoms with E-state index >= 15 is 0 Å². The van der Waals surface area contributed by atoms with E-state index in [1.165, 1.54) is 42.9 Å². The number of nitrogen functional groups attached to an aromatic ring is 1. The van der Waals surface area contributed by atoms with Crippen molar-refractivity contribution in [2.45, 2.75) is 374 Å². The van der Waals surface area contributed by atoms with Crippen LogP contribution in [0, 0.1) is 5.92 Å². The highest BCUT2D eigenvalue weighted by molar-refractivity contribution is 7.51. The summed E-state index contributed by atoms with van der Waals surface area (Å²) in [5.41, 5.74) is 5.06. The number of aromatic nitrogens is 4. The summed E-state index contributed by atoms with van der Waals surface area (Å²) in [4.78, 5) is 177. The summed E-state index contributed by atoms with van der Waals surface area (Å²) in [5, 5.41) is 116. The van der Waals surface area contributed by atoms with Gasteiger partial charge in [0.25, 0.3) is 0 Å². The second kappa shape index (κ2) is 65.1. The normalized spacial score (nSPS) is 26.3. The van der Waals surface area contributed by atoms with Crippen molar-refractivity contribution in [3.8, 4) is 0 Å². The topological polar surface area (TPSA) is 708 Å². The summed E-state index contributed by atoms with van der Waals surface area (Å²) in [6.45, 7) is 1.57. The first kappa shape index (κ1) is 123. The zero-order valence-electron chi connectivity index (χ0n) is 82.8. The number of Topliss-reactive ketones (excluding diaryl/α,β-unsaturated/α-hetero) is 5. The molecule has 2 aromatic rings. The minimum Gasteiger partial charge on any atom is -0.396 e. The lowest BCUT2D eigenvalue weighted by molar-refractivity contribution is -0.270. The SMILES string of the molecule is CC(=O)NC1[C@H](OCCCCC(=O)CCCCCC(=O)CCOCC(COCCC(=O)CCCCCC(=O)CCCCO[C@@H]2CC(CO)[C@H](O)[C@H](O)C2NC(C)=O)(COCCC(=O)NCCCCC(=O)CCCCO[C@@H]2OC(CO)[C@H](O)[C@H](O)C2NC(C)=O)NC(=O)CCCCCCCCC(=O)N2C[C@H](O)C[C@H]2COP(=O)(O)O[C@H]2C[C@H](n3cnc4c(N)ncnc43)O[C@@H]2COP(C)(=O)O)OC(CO)[C@H](O)[C@@H]1O. The Balaban J connectivity index is 0.903. The molecule has 7 rings (SSSR count). The zero-order valence-corrected chi connectivity index (χ0v) is 84.5. The van der Waals surface area contributed by atoms with Crippen molar-refractivity contribution < 1.29 is 179 Å². The number of β-amino-alcohol motifs (C(OH)–C–C–N with tert-alkyl or cyclic N) is 1. The predicted octanol–water partition coefficient (Wildman–Crippen LogP) is 1.28. The molecule has 816 valence electrons. The number of fused-ring (bicyclic) bond motifs is 1. The number of aliphatic hydroxyl groups excluding tert-OH is 10. The highest BCUT2D eigenvalue weighted by atomic mass is 31.2. The van der Waals surface area contributed by atoms with Crippen molar-refractivity contribution in [3.05, 3.63) is 12.7 Å². The lowest BCUT2D eigenvalue weighted by atomic mass is 9.79.